The van der Waals surface area contributed by atoms with E-state index in [9.17, 15) is 21.2 Å². The third kappa shape index (κ3) is 5.14. The molecule has 0 unspecified atom stereocenters. The van der Waals surface area contributed by atoms with Crippen LogP contribution in [0.3, 0.4) is 0 Å². The second-order valence-corrected chi connectivity index (χ2v) is 7.93. The summed E-state index contributed by atoms with van der Waals surface area (Å²) in [5.74, 6) is 0.0431. The summed E-state index contributed by atoms with van der Waals surface area (Å²) in [5.41, 5.74) is 0.760. The average molecular weight is 370 g/mol. The number of hydrogen-bond donors (Lipinski definition) is 0. The van der Waals surface area contributed by atoms with E-state index in [1.807, 2.05) is 0 Å². The molecule has 0 atom stereocenters. The number of nitrogens with zero attached hydrogens (tertiary/aromatic N) is 2. The number of benzene rings is 1. The van der Waals surface area contributed by atoms with Crippen LogP contribution in [0.15, 0.2) is 47.5 Å². The number of sulfone groups is 1. The van der Waals surface area contributed by atoms with E-state index in [0.29, 0.717) is 12.4 Å². The van der Waals surface area contributed by atoms with Gasteiger partial charge in [0.05, 0.1) is 16.8 Å². The topological polar surface area (TPSA) is 84.4 Å². The molecular formula is C15H15FN2O4S2. The van der Waals surface area contributed by atoms with Gasteiger partial charge in [0.1, 0.15) is 11.6 Å². The monoisotopic (exact) mass is 370 g/mol. The van der Waals surface area contributed by atoms with Crippen molar-refractivity contribution in [2.24, 2.45) is 0 Å². The second-order valence-electron chi connectivity index (χ2n) is 5.06. The van der Waals surface area contributed by atoms with Crippen molar-refractivity contribution < 1.29 is 21.2 Å². The van der Waals surface area contributed by atoms with Crippen molar-refractivity contribution in [3.63, 3.8) is 0 Å². The highest BCUT2D eigenvalue weighted by Gasteiger charge is 2.12. The molecule has 6 nitrogen and oxygen atoms in total. The molecule has 0 amide bonds. The van der Waals surface area contributed by atoms with Crippen molar-refractivity contribution in [3.05, 3.63) is 54.0 Å². The molecule has 0 N–H and O–H groups in total. The molecule has 2 aromatic rings. The van der Waals surface area contributed by atoms with Crippen LogP contribution in [0, 0.1) is 5.82 Å². The Balaban J connectivity index is 2.31. The summed E-state index contributed by atoms with van der Waals surface area (Å²) in [6.07, 6.45) is 2.30. The highest BCUT2D eigenvalue weighted by Crippen LogP contribution is 2.17. The Morgan fingerprint density at radius 1 is 1.17 bits per heavy atom. The molecule has 0 aliphatic carbocycles. The molecule has 2 rings (SSSR count). The van der Waals surface area contributed by atoms with Crippen LogP contribution >= 0.6 is 0 Å². The second kappa shape index (κ2) is 7.54. The Morgan fingerprint density at radius 3 is 2.33 bits per heavy atom. The maximum atomic E-state index is 13.0. The van der Waals surface area contributed by atoms with Crippen molar-refractivity contribution in [3.8, 4) is 0 Å². The van der Waals surface area contributed by atoms with Gasteiger partial charge in [0, 0.05) is 19.0 Å². The number of halogens is 1. The predicted octanol–water partition coefficient (Wildman–Crippen LogP) is 1.31. The molecule has 1 aromatic carbocycles. The molecule has 0 aliphatic rings. The average Bonchev–Trinajstić information content (AvgIpc) is 2.52. The molecular weight excluding hydrogens is 355 g/mol. The van der Waals surface area contributed by atoms with E-state index >= 15 is 0 Å². The van der Waals surface area contributed by atoms with Gasteiger partial charge in [-0.05, 0) is 29.8 Å². The molecule has 0 spiro atoms. The van der Waals surface area contributed by atoms with Gasteiger partial charge in [-0.2, -0.15) is 8.42 Å². The number of anilines is 1. The first-order valence-corrected chi connectivity index (χ1v) is 9.85. The van der Waals surface area contributed by atoms with Crippen LogP contribution in [0.5, 0.6) is 0 Å². The van der Waals surface area contributed by atoms with Crippen LogP contribution in [0.4, 0.5) is 10.2 Å². The van der Waals surface area contributed by atoms with Crippen molar-refractivity contribution in [1.29, 1.82) is 0 Å². The Hall–Kier alpha value is -2.26. The lowest BCUT2D eigenvalue weighted by molar-refractivity contribution is 0.601. The highest BCUT2D eigenvalue weighted by molar-refractivity contribution is 7.90. The maximum Gasteiger partial charge on any atom is 0.211 e. The lowest BCUT2D eigenvalue weighted by Crippen LogP contribution is -2.26. The summed E-state index contributed by atoms with van der Waals surface area (Å²) < 4.78 is 57.5. The molecule has 0 bridgehead atoms. The molecule has 0 saturated carbocycles. The number of aromatic nitrogens is 1. The van der Waals surface area contributed by atoms with E-state index in [0.717, 1.165) is 17.2 Å². The molecule has 128 valence electrons. The van der Waals surface area contributed by atoms with Crippen LogP contribution in [0.1, 0.15) is 5.56 Å². The summed E-state index contributed by atoms with van der Waals surface area (Å²) in [5, 5.41) is 1.07. The van der Waals surface area contributed by atoms with Crippen molar-refractivity contribution >= 4 is 31.3 Å². The van der Waals surface area contributed by atoms with Crippen LogP contribution in [-0.4, -0.2) is 40.0 Å². The van der Waals surface area contributed by atoms with E-state index in [1.54, 1.807) is 17.0 Å². The van der Waals surface area contributed by atoms with E-state index in [2.05, 4.69) is 4.98 Å². The third-order valence-corrected chi connectivity index (χ3v) is 4.71. The number of hydrogen-bond acceptors (Lipinski definition) is 6. The largest absolute Gasteiger partial charge is 0.348 e. The van der Waals surface area contributed by atoms with Gasteiger partial charge >= 0.3 is 0 Å². The number of rotatable bonds is 6. The Labute approximate surface area is 141 Å². The molecule has 0 radical (unpaired) electrons. The quantitative estimate of drug-likeness (QED) is 0.713. The van der Waals surface area contributed by atoms with Crippen molar-refractivity contribution in [2.75, 3.05) is 17.7 Å². The van der Waals surface area contributed by atoms with Crippen LogP contribution in [0.2, 0.25) is 0 Å². The van der Waals surface area contributed by atoms with Gasteiger partial charge in [-0.15, -0.1) is 0 Å². The van der Waals surface area contributed by atoms with Gasteiger partial charge in [0.25, 0.3) is 0 Å². The Kier molecular flexibility index (Phi) is 5.68. The van der Waals surface area contributed by atoms with Crippen molar-refractivity contribution in [2.45, 2.75) is 11.4 Å². The number of pyridine rings is 1. The first-order chi connectivity index (χ1) is 11.3. The van der Waals surface area contributed by atoms with E-state index in [-0.39, 0.29) is 17.3 Å². The zero-order valence-electron chi connectivity index (χ0n) is 12.8. The first kappa shape index (κ1) is 18.1. The Bertz CT molecular complexity index is 930. The summed E-state index contributed by atoms with van der Waals surface area (Å²) in [4.78, 5) is 5.80. The first-order valence-electron chi connectivity index (χ1n) is 6.82. The lowest BCUT2D eigenvalue weighted by Gasteiger charge is -2.22. The SMILES string of the molecule is CS(=O)(=O)c1ccc(N(CC=S(=O)=O)Cc2ccc(F)cc2)nc1. The van der Waals surface area contributed by atoms with Gasteiger partial charge in [-0.25, -0.2) is 17.8 Å². The van der Waals surface area contributed by atoms with Crippen molar-refractivity contribution in [1.82, 2.24) is 4.98 Å². The lowest BCUT2D eigenvalue weighted by atomic mass is 10.2. The van der Waals surface area contributed by atoms with Gasteiger partial charge in [0.15, 0.2) is 9.84 Å². The summed E-state index contributed by atoms with van der Waals surface area (Å²) in [7, 11) is -5.70. The fourth-order valence-corrected chi connectivity index (χ4v) is 2.84. The summed E-state index contributed by atoms with van der Waals surface area (Å²) in [6, 6.07) is 8.69. The Morgan fingerprint density at radius 2 is 1.83 bits per heavy atom. The maximum absolute atomic E-state index is 13.0. The molecule has 24 heavy (non-hydrogen) atoms. The van der Waals surface area contributed by atoms with E-state index < -0.39 is 20.1 Å². The van der Waals surface area contributed by atoms with Gasteiger partial charge < -0.3 is 4.90 Å². The minimum atomic E-state index is -3.36. The normalized spacial score (nSPS) is 11.1. The summed E-state index contributed by atoms with van der Waals surface area (Å²) >= 11 is 0. The molecule has 1 aromatic heterocycles. The zero-order valence-corrected chi connectivity index (χ0v) is 14.4. The van der Waals surface area contributed by atoms with Crippen LogP contribution in [-0.2, 0) is 26.7 Å². The van der Waals surface area contributed by atoms with Gasteiger partial charge in [0.2, 0.25) is 10.3 Å². The molecule has 1 heterocycles. The molecule has 0 aliphatic heterocycles. The predicted molar refractivity (Wildman–Crippen MR) is 89.8 cm³/mol. The zero-order chi connectivity index (χ0) is 17.7. The fraction of sp³-hybridized carbons (Fsp3) is 0.200. The molecule has 0 fully saturated rings. The van der Waals surface area contributed by atoms with Gasteiger partial charge in [-0.3, -0.25) is 0 Å². The van der Waals surface area contributed by atoms with E-state index in [1.165, 1.54) is 30.5 Å². The molecule has 9 heteroatoms. The van der Waals surface area contributed by atoms with Crippen LogP contribution in [0.25, 0.3) is 0 Å². The highest BCUT2D eigenvalue weighted by atomic mass is 32.2. The minimum absolute atomic E-state index is 0.0543. The minimum Gasteiger partial charge on any atom is -0.348 e. The van der Waals surface area contributed by atoms with E-state index in [4.69, 9.17) is 0 Å². The van der Waals surface area contributed by atoms with Gasteiger partial charge in [-0.1, -0.05) is 12.1 Å². The fourth-order valence-electron chi connectivity index (χ4n) is 1.98. The molecule has 0 saturated heterocycles. The standard InChI is InChI=1S/C15H15FN2O4S2/c1-24(21,22)14-6-7-15(17-10-14)18(8-9-23(19)20)11-12-2-4-13(16)5-3-12/h2-7,9-10H,8,11H2,1H3. The van der Waals surface area contributed by atoms with Crippen LogP contribution < -0.4 is 4.90 Å². The third-order valence-electron chi connectivity index (χ3n) is 3.19. The smallest absolute Gasteiger partial charge is 0.211 e. The summed E-state index contributed by atoms with van der Waals surface area (Å²) in [6.45, 7) is 0.345.